The van der Waals surface area contributed by atoms with Gasteiger partial charge in [-0.25, -0.2) is 0 Å². The first kappa shape index (κ1) is 18.0. The molecule has 2 aromatic rings. The minimum Gasteiger partial charge on any atom is -0.872 e. The van der Waals surface area contributed by atoms with Gasteiger partial charge in [-0.15, -0.1) is 0 Å². The number of rotatable bonds is 3. The zero-order valence-corrected chi connectivity index (χ0v) is 15.9. The summed E-state index contributed by atoms with van der Waals surface area (Å²) in [5.74, 6) is 0.419. The predicted molar refractivity (Wildman–Crippen MR) is 102 cm³/mol. The Morgan fingerprint density at radius 2 is 1.89 bits per heavy atom. The average Bonchev–Trinajstić information content (AvgIpc) is 2.97. The molecule has 0 radical (unpaired) electrons. The van der Waals surface area contributed by atoms with E-state index in [2.05, 4.69) is 11.9 Å². The quantitative estimate of drug-likeness (QED) is 0.812. The first-order chi connectivity index (χ1) is 13.0. The number of allylic oxidation sites excluding steroid dienone is 1. The number of piperazine rings is 1. The second-order valence-corrected chi connectivity index (χ2v) is 7.58. The Morgan fingerprint density at radius 3 is 2.59 bits per heavy atom. The Hall–Kier alpha value is -2.34. The van der Waals surface area contributed by atoms with Crippen molar-refractivity contribution >= 4 is 23.5 Å². The number of nitrogens with one attached hydrogen (secondary N) is 1. The maximum absolute atomic E-state index is 12.7. The maximum Gasteiger partial charge on any atom is 0.231 e. The number of carbonyl (C=O) groups excluding carboxylic acids is 1. The van der Waals surface area contributed by atoms with Crippen LogP contribution < -0.4 is 14.7 Å². The summed E-state index contributed by atoms with van der Waals surface area (Å²) in [5, 5.41) is 13.1. The predicted octanol–water partition coefficient (Wildman–Crippen LogP) is 1.36. The molecule has 0 atom stereocenters. The molecule has 1 fully saturated rings. The van der Waals surface area contributed by atoms with Crippen LogP contribution in [0.3, 0.4) is 0 Å². The number of fused-ring (bicyclic) bond motifs is 1. The highest BCUT2D eigenvalue weighted by atomic mass is 35.5. The van der Waals surface area contributed by atoms with Gasteiger partial charge < -0.3 is 14.7 Å². The van der Waals surface area contributed by atoms with Crippen molar-refractivity contribution in [3.8, 4) is 11.5 Å². The van der Waals surface area contributed by atoms with Gasteiger partial charge in [0.2, 0.25) is 5.78 Å². The average molecular weight is 385 g/mol. The fraction of sp³-hybridized carbons (Fsp3) is 0.286. The fourth-order valence-electron chi connectivity index (χ4n) is 3.53. The van der Waals surface area contributed by atoms with Crippen LogP contribution in [0.25, 0.3) is 6.08 Å². The molecule has 0 aliphatic carbocycles. The number of likely N-dealkylation sites (N-methyl/N-ethyl adjacent to an activating group) is 1. The summed E-state index contributed by atoms with van der Waals surface area (Å²) >= 11 is 5.91. The van der Waals surface area contributed by atoms with Gasteiger partial charge >= 0.3 is 0 Å². The smallest absolute Gasteiger partial charge is 0.231 e. The standard InChI is InChI=1S/C21H21ClN2O3/c1-23-8-10-24(11-9-23)13-17-18(25)7-6-16-20(26)19(27-21(16)17)12-14-2-4-15(22)5-3-14/h2-7,12,25H,8-11,13H2,1H3/b19-12-. The molecule has 0 spiro atoms. The molecule has 1 saturated heterocycles. The summed E-state index contributed by atoms with van der Waals surface area (Å²) in [6.07, 6.45) is 1.69. The van der Waals surface area contributed by atoms with E-state index >= 15 is 0 Å². The highest BCUT2D eigenvalue weighted by Gasteiger charge is 2.31. The second kappa shape index (κ2) is 7.35. The number of benzene rings is 2. The zero-order valence-electron chi connectivity index (χ0n) is 15.1. The zero-order chi connectivity index (χ0) is 19.0. The summed E-state index contributed by atoms with van der Waals surface area (Å²) in [4.78, 5) is 16.4. The third-order valence-electron chi connectivity index (χ3n) is 5.19. The van der Waals surface area contributed by atoms with Gasteiger partial charge in [0.1, 0.15) is 12.3 Å². The number of hydrogen-bond acceptors (Lipinski definition) is 4. The summed E-state index contributed by atoms with van der Waals surface area (Å²) in [6.45, 7) is 4.53. The van der Waals surface area contributed by atoms with Crippen LogP contribution in [0.5, 0.6) is 11.5 Å². The van der Waals surface area contributed by atoms with E-state index in [9.17, 15) is 9.90 Å². The summed E-state index contributed by atoms with van der Waals surface area (Å²) in [6, 6.07) is 10.2. The number of nitrogens with zero attached hydrogens (tertiary/aromatic N) is 1. The molecule has 0 aromatic heterocycles. The Labute approximate surface area is 163 Å². The lowest BCUT2D eigenvalue weighted by Crippen LogP contribution is -3.13. The first-order valence-corrected chi connectivity index (χ1v) is 9.44. The van der Waals surface area contributed by atoms with Crippen molar-refractivity contribution in [3.05, 3.63) is 63.9 Å². The van der Waals surface area contributed by atoms with E-state index in [1.807, 2.05) is 12.1 Å². The molecule has 4 rings (SSSR count). The molecule has 2 heterocycles. The van der Waals surface area contributed by atoms with E-state index in [1.165, 1.54) is 11.0 Å². The number of carbonyl (C=O) groups is 1. The van der Waals surface area contributed by atoms with Crippen molar-refractivity contribution in [1.82, 2.24) is 4.90 Å². The van der Waals surface area contributed by atoms with Gasteiger partial charge in [0.25, 0.3) is 0 Å². The van der Waals surface area contributed by atoms with E-state index in [-0.39, 0.29) is 17.3 Å². The summed E-state index contributed by atoms with van der Waals surface area (Å²) < 4.78 is 5.88. The number of ketones is 1. The third-order valence-corrected chi connectivity index (χ3v) is 5.44. The van der Waals surface area contributed by atoms with E-state index in [1.54, 1.807) is 24.3 Å². The van der Waals surface area contributed by atoms with Crippen LogP contribution >= 0.6 is 11.6 Å². The van der Waals surface area contributed by atoms with Crippen LogP contribution in [0.2, 0.25) is 5.02 Å². The molecule has 1 N–H and O–H groups in total. The summed E-state index contributed by atoms with van der Waals surface area (Å²) in [7, 11) is 2.10. The molecule has 27 heavy (non-hydrogen) atoms. The van der Waals surface area contributed by atoms with Gasteiger partial charge in [-0.2, -0.15) is 0 Å². The fourth-order valence-corrected chi connectivity index (χ4v) is 3.65. The normalized spacial score (nSPS) is 19.3. The second-order valence-electron chi connectivity index (χ2n) is 7.14. The van der Waals surface area contributed by atoms with Crippen LogP contribution in [0.1, 0.15) is 21.5 Å². The third kappa shape index (κ3) is 3.72. The minimum atomic E-state index is -0.186. The van der Waals surface area contributed by atoms with E-state index in [4.69, 9.17) is 16.3 Å². The molecule has 2 aromatic carbocycles. The number of halogens is 1. The molecular formula is C21H21ClN2O3. The highest BCUT2D eigenvalue weighted by molar-refractivity contribution is 6.30. The number of hydrogen-bond donors (Lipinski definition) is 1. The highest BCUT2D eigenvalue weighted by Crippen LogP contribution is 2.38. The van der Waals surface area contributed by atoms with Gasteiger partial charge in [0.05, 0.1) is 18.7 Å². The molecule has 0 saturated carbocycles. The first-order valence-electron chi connectivity index (χ1n) is 9.06. The monoisotopic (exact) mass is 384 g/mol. The molecule has 0 bridgehead atoms. The number of ether oxygens (including phenoxy) is 1. The summed E-state index contributed by atoms with van der Waals surface area (Å²) in [5.41, 5.74) is 1.89. The van der Waals surface area contributed by atoms with E-state index in [0.717, 1.165) is 31.7 Å². The van der Waals surface area contributed by atoms with Crippen LogP contribution in [0, 0.1) is 0 Å². The van der Waals surface area contributed by atoms with Gasteiger partial charge in [-0.1, -0.05) is 35.5 Å². The van der Waals surface area contributed by atoms with Crippen molar-refractivity contribution < 1.29 is 19.5 Å². The lowest BCUT2D eigenvalue weighted by atomic mass is 10.0. The SMILES string of the molecule is CN1CC[NH+](Cc2c([O-])ccc3c2O/C(=C\c2ccc(Cl)cc2)C3=O)CC1. The Kier molecular flexibility index (Phi) is 4.91. The van der Waals surface area contributed by atoms with Crippen molar-refractivity contribution in [2.24, 2.45) is 0 Å². The van der Waals surface area contributed by atoms with Crippen LogP contribution in [-0.4, -0.2) is 43.9 Å². The van der Waals surface area contributed by atoms with Crippen molar-refractivity contribution in [2.75, 3.05) is 33.2 Å². The van der Waals surface area contributed by atoms with Gasteiger partial charge in [0, 0.05) is 23.7 Å². The number of Topliss-reactive ketones (excluding diaryl/α,β-unsaturated/α-hetero) is 1. The van der Waals surface area contributed by atoms with E-state index < -0.39 is 0 Å². The number of quaternary nitrogens is 1. The van der Waals surface area contributed by atoms with Gasteiger partial charge in [-0.3, -0.25) is 9.69 Å². The largest absolute Gasteiger partial charge is 0.872 e. The molecule has 2 aliphatic heterocycles. The van der Waals surface area contributed by atoms with Crippen LogP contribution in [0.15, 0.2) is 42.2 Å². The van der Waals surface area contributed by atoms with E-state index in [0.29, 0.717) is 28.4 Å². The molecule has 2 aliphatic rings. The Morgan fingerprint density at radius 1 is 1.19 bits per heavy atom. The van der Waals surface area contributed by atoms with Crippen LogP contribution in [0.4, 0.5) is 0 Å². The van der Waals surface area contributed by atoms with Crippen molar-refractivity contribution in [1.29, 1.82) is 0 Å². The molecule has 0 unspecified atom stereocenters. The van der Waals surface area contributed by atoms with Gasteiger partial charge in [-0.05, 0) is 36.9 Å². The minimum absolute atomic E-state index is 0.0688. The maximum atomic E-state index is 12.7. The van der Waals surface area contributed by atoms with Crippen molar-refractivity contribution in [2.45, 2.75) is 6.54 Å². The molecule has 0 amide bonds. The molecule has 6 heteroatoms. The molecule has 5 nitrogen and oxygen atoms in total. The van der Waals surface area contributed by atoms with Crippen molar-refractivity contribution in [3.63, 3.8) is 0 Å². The van der Waals surface area contributed by atoms with Gasteiger partial charge in [0.15, 0.2) is 5.76 Å². The molecular weight excluding hydrogens is 364 g/mol. The molecule has 140 valence electrons. The lowest BCUT2D eigenvalue weighted by molar-refractivity contribution is -0.918. The van der Waals surface area contributed by atoms with Crippen LogP contribution in [-0.2, 0) is 6.54 Å². The lowest BCUT2D eigenvalue weighted by Gasteiger charge is -2.30. The topological polar surface area (TPSA) is 57.0 Å². The Bertz CT molecular complexity index is 900. The Balaban J connectivity index is 1.61.